The molecule has 1 unspecified atom stereocenters. The second-order valence-corrected chi connectivity index (χ2v) is 3.93. The van der Waals surface area contributed by atoms with Crippen LogP contribution in [0.1, 0.15) is 13.3 Å². The highest BCUT2D eigenvalue weighted by Crippen LogP contribution is 2.22. The lowest BCUT2D eigenvalue weighted by molar-refractivity contribution is 0.178. The molecule has 2 rings (SSSR count). The number of fused-ring (bicyclic) bond motifs is 1. The van der Waals surface area contributed by atoms with E-state index in [0.29, 0.717) is 0 Å². The Morgan fingerprint density at radius 3 is 2.93 bits per heavy atom. The van der Waals surface area contributed by atoms with E-state index >= 15 is 0 Å². The van der Waals surface area contributed by atoms with Crippen LogP contribution in [0, 0.1) is 0 Å². The smallest absolute Gasteiger partial charge is 0.0713 e. The highest BCUT2D eigenvalue weighted by Gasteiger charge is 2.04. The van der Waals surface area contributed by atoms with Gasteiger partial charge in [0, 0.05) is 18.1 Å². The molecule has 3 nitrogen and oxygen atoms in total. The van der Waals surface area contributed by atoms with E-state index in [4.69, 9.17) is 5.73 Å². The lowest BCUT2D eigenvalue weighted by atomic mass is 10.2. The molecule has 1 heterocycles. The number of para-hydroxylation sites is 1. The number of hydrogen-bond donors (Lipinski definition) is 2. The van der Waals surface area contributed by atoms with Crippen molar-refractivity contribution in [3.63, 3.8) is 0 Å². The molecule has 1 aromatic heterocycles. The van der Waals surface area contributed by atoms with Crippen molar-refractivity contribution >= 4 is 16.6 Å². The van der Waals surface area contributed by atoms with Crippen molar-refractivity contribution in [1.29, 1.82) is 0 Å². The largest absolute Gasteiger partial charge is 0.397 e. The Kier molecular flexibility index (Phi) is 2.64. The number of nitrogen functional groups attached to an aromatic ring is 1. The first-order valence-corrected chi connectivity index (χ1v) is 5.20. The third-order valence-electron chi connectivity index (χ3n) is 2.61. The summed E-state index contributed by atoms with van der Waals surface area (Å²) in [7, 11) is 0. The fourth-order valence-electron chi connectivity index (χ4n) is 1.80. The van der Waals surface area contributed by atoms with Gasteiger partial charge in [0.15, 0.2) is 0 Å². The maximum atomic E-state index is 9.25. The first kappa shape index (κ1) is 10.1. The van der Waals surface area contributed by atoms with Gasteiger partial charge in [-0.1, -0.05) is 12.1 Å². The standard InChI is InChI=1S/C12H16N2O/c1-9(15)5-7-14-8-6-10-3-2-4-11(13)12(10)14/h2-4,6,8-9,15H,5,7,13H2,1H3. The van der Waals surface area contributed by atoms with E-state index in [1.165, 1.54) is 0 Å². The Hall–Kier alpha value is -1.48. The topological polar surface area (TPSA) is 51.2 Å². The van der Waals surface area contributed by atoms with Crippen LogP contribution in [-0.2, 0) is 6.54 Å². The monoisotopic (exact) mass is 204 g/mol. The van der Waals surface area contributed by atoms with E-state index in [2.05, 4.69) is 4.57 Å². The Balaban J connectivity index is 2.35. The number of benzene rings is 1. The molecule has 0 amide bonds. The molecule has 0 radical (unpaired) electrons. The van der Waals surface area contributed by atoms with Crippen LogP contribution in [0.2, 0.25) is 0 Å². The molecule has 0 saturated heterocycles. The average Bonchev–Trinajstić information content (AvgIpc) is 2.59. The van der Waals surface area contributed by atoms with Gasteiger partial charge < -0.3 is 15.4 Å². The van der Waals surface area contributed by atoms with Gasteiger partial charge in [-0.2, -0.15) is 0 Å². The Labute approximate surface area is 89.1 Å². The van der Waals surface area contributed by atoms with Gasteiger partial charge in [-0.25, -0.2) is 0 Å². The lowest BCUT2D eigenvalue weighted by Gasteiger charge is -2.08. The first-order chi connectivity index (χ1) is 7.18. The van der Waals surface area contributed by atoms with Crippen LogP contribution in [0.4, 0.5) is 5.69 Å². The number of aromatic nitrogens is 1. The van der Waals surface area contributed by atoms with E-state index in [1.807, 2.05) is 30.5 Å². The van der Waals surface area contributed by atoms with Crippen LogP contribution in [0.5, 0.6) is 0 Å². The fraction of sp³-hybridized carbons (Fsp3) is 0.333. The number of aliphatic hydroxyl groups is 1. The van der Waals surface area contributed by atoms with Crippen LogP contribution in [-0.4, -0.2) is 15.8 Å². The third kappa shape index (κ3) is 1.97. The van der Waals surface area contributed by atoms with Crippen molar-refractivity contribution in [3.05, 3.63) is 30.5 Å². The summed E-state index contributed by atoms with van der Waals surface area (Å²) in [6.45, 7) is 2.60. The van der Waals surface area contributed by atoms with E-state index < -0.39 is 0 Å². The van der Waals surface area contributed by atoms with Gasteiger partial charge in [0.05, 0.1) is 17.3 Å². The van der Waals surface area contributed by atoms with Crippen LogP contribution in [0.15, 0.2) is 30.5 Å². The minimum Gasteiger partial charge on any atom is -0.397 e. The SMILES string of the molecule is CC(O)CCn1ccc2cccc(N)c21. The number of hydrogen-bond acceptors (Lipinski definition) is 2. The summed E-state index contributed by atoms with van der Waals surface area (Å²) in [6.07, 6.45) is 2.49. The molecule has 2 aromatic rings. The summed E-state index contributed by atoms with van der Waals surface area (Å²) >= 11 is 0. The molecule has 0 saturated carbocycles. The van der Waals surface area contributed by atoms with Crippen molar-refractivity contribution in [2.45, 2.75) is 26.0 Å². The van der Waals surface area contributed by atoms with Gasteiger partial charge in [0.2, 0.25) is 0 Å². The van der Waals surface area contributed by atoms with E-state index in [1.54, 1.807) is 6.92 Å². The lowest BCUT2D eigenvalue weighted by Crippen LogP contribution is -2.06. The van der Waals surface area contributed by atoms with Crippen molar-refractivity contribution in [3.8, 4) is 0 Å². The fourth-order valence-corrected chi connectivity index (χ4v) is 1.80. The highest BCUT2D eigenvalue weighted by molar-refractivity contribution is 5.90. The van der Waals surface area contributed by atoms with Crippen LogP contribution in [0.25, 0.3) is 10.9 Å². The molecule has 80 valence electrons. The molecular weight excluding hydrogens is 188 g/mol. The van der Waals surface area contributed by atoms with Crippen LogP contribution in [0.3, 0.4) is 0 Å². The summed E-state index contributed by atoms with van der Waals surface area (Å²) in [5.41, 5.74) is 7.79. The Morgan fingerprint density at radius 1 is 1.40 bits per heavy atom. The molecule has 1 atom stereocenters. The highest BCUT2D eigenvalue weighted by atomic mass is 16.3. The Bertz CT molecular complexity index is 460. The molecule has 3 heteroatoms. The molecule has 0 aliphatic carbocycles. The number of rotatable bonds is 3. The first-order valence-electron chi connectivity index (χ1n) is 5.20. The summed E-state index contributed by atoms with van der Waals surface area (Å²) in [6, 6.07) is 7.95. The predicted octanol–water partition coefficient (Wildman–Crippen LogP) is 1.99. The van der Waals surface area contributed by atoms with Gasteiger partial charge in [-0.05, 0) is 25.5 Å². The second kappa shape index (κ2) is 3.95. The van der Waals surface area contributed by atoms with Crippen molar-refractivity contribution in [1.82, 2.24) is 4.57 Å². The predicted molar refractivity (Wildman–Crippen MR) is 62.6 cm³/mol. The van der Waals surface area contributed by atoms with E-state index in [-0.39, 0.29) is 6.10 Å². The van der Waals surface area contributed by atoms with Crippen molar-refractivity contribution < 1.29 is 5.11 Å². The molecule has 0 bridgehead atoms. The molecule has 0 aliphatic heterocycles. The normalized spacial score (nSPS) is 13.2. The van der Waals surface area contributed by atoms with Gasteiger partial charge in [-0.15, -0.1) is 0 Å². The summed E-state index contributed by atoms with van der Waals surface area (Å²) < 4.78 is 2.09. The minimum absolute atomic E-state index is 0.271. The summed E-state index contributed by atoms with van der Waals surface area (Å²) in [4.78, 5) is 0. The molecule has 0 aliphatic rings. The summed E-state index contributed by atoms with van der Waals surface area (Å²) in [5, 5.41) is 10.4. The van der Waals surface area contributed by atoms with E-state index in [9.17, 15) is 5.11 Å². The molecule has 3 N–H and O–H groups in total. The summed E-state index contributed by atoms with van der Waals surface area (Å²) in [5.74, 6) is 0. The minimum atomic E-state index is -0.271. The van der Waals surface area contributed by atoms with Gasteiger partial charge in [0.25, 0.3) is 0 Å². The van der Waals surface area contributed by atoms with Crippen LogP contribution < -0.4 is 5.73 Å². The zero-order valence-electron chi connectivity index (χ0n) is 8.85. The van der Waals surface area contributed by atoms with Gasteiger partial charge in [0.1, 0.15) is 0 Å². The average molecular weight is 204 g/mol. The molecule has 0 fully saturated rings. The van der Waals surface area contributed by atoms with Gasteiger partial charge >= 0.3 is 0 Å². The quantitative estimate of drug-likeness (QED) is 0.751. The van der Waals surface area contributed by atoms with E-state index in [0.717, 1.165) is 29.6 Å². The number of nitrogens with two attached hydrogens (primary N) is 1. The maximum absolute atomic E-state index is 9.25. The second-order valence-electron chi connectivity index (χ2n) is 3.93. The maximum Gasteiger partial charge on any atom is 0.0713 e. The molecular formula is C12H16N2O. The molecule has 15 heavy (non-hydrogen) atoms. The number of nitrogens with zero attached hydrogens (tertiary/aromatic N) is 1. The van der Waals surface area contributed by atoms with Crippen LogP contribution >= 0.6 is 0 Å². The zero-order valence-corrected chi connectivity index (χ0v) is 8.85. The third-order valence-corrected chi connectivity index (χ3v) is 2.61. The van der Waals surface area contributed by atoms with Crippen molar-refractivity contribution in [2.75, 3.05) is 5.73 Å². The van der Waals surface area contributed by atoms with Crippen molar-refractivity contribution in [2.24, 2.45) is 0 Å². The zero-order chi connectivity index (χ0) is 10.8. The van der Waals surface area contributed by atoms with Gasteiger partial charge in [-0.3, -0.25) is 0 Å². The molecule has 0 spiro atoms. The number of aliphatic hydroxyl groups excluding tert-OH is 1. The number of anilines is 1. The number of aryl methyl sites for hydroxylation is 1. The molecule has 1 aromatic carbocycles. The Morgan fingerprint density at radius 2 is 2.20 bits per heavy atom.